The maximum Gasteiger partial charge on any atom is 0.252 e. The lowest BCUT2D eigenvalue weighted by molar-refractivity contribution is 0.195. The van der Waals surface area contributed by atoms with Crippen LogP contribution in [-0.4, -0.2) is 12.3 Å². The minimum Gasteiger partial charge on any atom is -0.335 e. The molecular formula is C58H62BN3. The molecule has 0 N–H and O–H groups in total. The molecule has 62 heavy (non-hydrogen) atoms. The lowest BCUT2D eigenvalue weighted by Gasteiger charge is -2.54. The number of fused-ring (bicyclic) bond motifs is 12. The van der Waals surface area contributed by atoms with Gasteiger partial charge in [0, 0.05) is 50.6 Å². The third-order valence-electron chi connectivity index (χ3n) is 17.7. The fourth-order valence-corrected chi connectivity index (χ4v) is 13.9. The SMILES string of the molecule is CC(C)(C)c1cccc(N2c3cc(C(C)(C)C)ccc3B3c4cccc5c4N(c4cc(N6c7ccccc7C7(C)CCc8ccccc8C67C)cc2c43)C2(C)CCCCC52C)c1. The Morgan fingerprint density at radius 3 is 1.97 bits per heavy atom. The average Bonchev–Trinajstić information content (AvgIpc) is 3.60. The Kier molecular flexibility index (Phi) is 7.62. The van der Waals surface area contributed by atoms with Crippen LogP contribution in [0, 0.1) is 0 Å². The van der Waals surface area contributed by atoms with Crippen molar-refractivity contribution in [2.45, 2.75) is 141 Å². The summed E-state index contributed by atoms with van der Waals surface area (Å²) in [5.74, 6) is 0. The quantitative estimate of drug-likeness (QED) is 0.161. The Balaban J connectivity index is 1.23. The molecule has 0 aromatic heterocycles. The molecule has 0 amide bonds. The summed E-state index contributed by atoms with van der Waals surface area (Å²) in [6.45, 7) is 24.6. The third-order valence-corrected chi connectivity index (χ3v) is 17.7. The predicted octanol–water partition coefficient (Wildman–Crippen LogP) is 12.9. The highest BCUT2D eigenvalue weighted by Crippen LogP contribution is 2.66. The van der Waals surface area contributed by atoms with E-state index in [1.807, 2.05) is 0 Å². The number of hydrogen-bond acceptors (Lipinski definition) is 3. The molecule has 3 nitrogen and oxygen atoms in total. The van der Waals surface area contributed by atoms with Crippen LogP contribution in [0.5, 0.6) is 0 Å². The predicted molar refractivity (Wildman–Crippen MR) is 264 cm³/mol. The number of para-hydroxylation sites is 2. The van der Waals surface area contributed by atoms with E-state index in [9.17, 15) is 0 Å². The van der Waals surface area contributed by atoms with Crippen LogP contribution in [0.3, 0.4) is 0 Å². The van der Waals surface area contributed by atoms with Gasteiger partial charge in [0.15, 0.2) is 0 Å². The van der Waals surface area contributed by atoms with Crippen molar-refractivity contribution in [3.63, 3.8) is 0 Å². The highest BCUT2D eigenvalue weighted by Gasteiger charge is 2.63. The van der Waals surface area contributed by atoms with E-state index in [0.29, 0.717) is 0 Å². The van der Waals surface area contributed by atoms with Crippen molar-refractivity contribution in [2.24, 2.45) is 0 Å². The van der Waals surface area contributed by atoms with Crippen molar-refractivity contribution in [3.05, 3.63) is 155 Å². The molecular weight excluding hydrogens is 749 g/mol. The van der Waals surface area contributed by atoms with Crippen molar-refractivity contribution in [2.75, 3.05) is 14.7 Å². The highest BCUT2D eigenvalue weighted by molar-refractivity contribution is 7.00. The van der Waals surface area contributed by atoms with Crippen LogP contribution in [0.25, 0.3) is 0 Å². The van der Waals surface area contributed by atoms with Gasteiger partial charge in [0.05, 0.1) is 11.1 Å². The van der Waals surface area contributed by atoms with Gasteiger partial charge >= 0.3 is 0 Å². The second kappa shape index (κ2) is 12.3. The maximum atomic E-state index is 2.91. The molecule has 6 aromatic carbocycles. The van der Waals surface area contributed by atoms with E-state index in [4.69, 9.17) is 0 Å². The van der Waals surface area contributed by atoms with Gasteiger partial charge in [-0.15, -0.1) is 0 Å². The fourth-order valence-electron chi connectivity index (χ4n) is 13.9. The van der Waals surface area contributed by atoms with E-state index in [0.717, 1.165) is 12.8 Å². The molecule has 6 aromatic rings. The Bertz CT molecular complexity index is 2900. The molecule has 0 saturated heterocycles. The summed E-state index contributed by atoms with van der Waals surface area (Å²) in [4.78, 5) is 8.40. The van der Waals surface area contributed by atoms with Crippen LogP contribution in [0.15, 0.2) is 121 Å². The molecule has 4 atom stereocenters. The Labute approximate surface area is 371 Å². The van der Waals surface area contributed by atoms with Gasteiger partial charge in [0.2, 0.25) is 0 Å². The first-order chi connectivity index (χ1) is 29.5. The van der Waals surface area contributed by atoms with Gasteiger partial charge in [-0.05, 0) is 137 Å². The highest BCUT2D eigenvalue weighted by atomic mass is 15.3. The van der Waals surface area contributed by atoms with Crippen LogP contribution in [0.1, 0.15) is 135 Å². The topological polar surface area (TPSA) is 9.72 Å². The molecule has 0 radical (unpaired) electrons. The summed E-state index contributed by atoms with van der Waals surface area (Å²) in [6.07, 6.45) is 7.14. The summed E-state index contributed by atoms with van der Waals surface area (Å²) in [5, 5.41) is 0. The average molecular weight is 812 g/mol. The fraction of sp³-hybridized carbons (Fsp3) is 0.379. The monoisotopic (exact) mass is 812 g/mol. The molecule has 0 spiro atoms. The van der Waals surface area contributed by atoms with Crippen LogP contribution < -0.4 is 31.1 Å². The van der Waals surface area contributed by atoms with Crippen LogP contribution in [0.4, 0.5) is 39.8 Å². The van der Waals surface area contributed by atoms with Gasteiger partial charge in [-0.3, -0.25) is 0 Å². The normalized spacial score (nSPS) is 26.3. The standard InChI is InChI=1S/C58H62BN3/c1-53(2,3)38-20-17-21-40(33-38)60-48-34-39(54(4,5)6)27-28-45(48)59-46-25-18-24-44-52(46)62(57(9)31-16-15-30-55(44,57)7)50-36-41(35-49(60)51(50)59)61-47-26-14-13-23-43(47)56(8)32-29-37-19-11-12-22-42(37)58(56,61)10/h11-14,17-28,33-36H,15-16,29-32H2,1-10H3. The first kappa shape index (κ1) is 38.5. The van der Waals surface area contributed by atoms with Crippen molar-refractivity contribution >= 4 is 62.9 Å². The van der Waals surface area contributed by atoms with E-state index in [-0.39, 0.29) is 39.5 Å². The van der Waals surface area contributed by atoms with Gasteiger partial charge < -0.3 is 14.7 Å². The zero-order valence-electron chi connectivity index (χ0n) is 38.7. The minimum absolute atomic E-state index is 0.00328. The number of benzene rings is 6. The minimum atomic E-state index is -0.305. The molecule has 4 heterocycles. The van der Waals surface area contributed by atoms with E-state index < -0.39 is 0 Å². The van der Waals surface area contributed by atoms with Crippen molar-refractivity contribution < 1.29 is 0 Å². The number of nitrogens with zero attached hydrogens (tertiary/aromatic N) is 3. The summed E-state index contributed by atoms with van der Waals surface area (Å²) < 4.78 is 0. The molecule has 4 unspecified atom stereocenters. The molecule has 12 rings (SSSR count). The second-order valence-corrected chi connectivity index (χ2v) is 22.8. The summed E-state index contributed by atoms with van der Waals surface area (Å²) in [5.41, 5.74) is 22.0. The van der Waals surface area contributed by atoms with E-state index in [2.05, 4.69) is 205 Å². The van der Waals surface area contributed by atoms with Crippen LogP contribution in [-0.2, 0) is 33.6 Å². The Morgan fingerprint density at radius 1 is 0.500 bits per heavy atom. The third kappa shape index (κ3) is 4.64. The lowest BCUT2D eigenvalue weighted by Crippen LogP contribution is -2.64. The molecule has 312 valence electrons. The first-order valence-corrected chi connectivity index (χ1v) is 23.7. The Morgan fingerprint density at radius 2 is 1.18 bits per heavy atom. The molecule has 4 aliphatic heterocycles. The van der Waals surface area contributed by atoms with Gasteiger partial charge in [-0.25, -0.2) is 0 Å². The summed E-state index contributed by atoms with van der Waals surface area (Å²) in [6, 6.07) is 48.4. The molecule has 2 aliphatic carbocycles. The van der Waals surface area contributed by atoms with Gasteiger partial charge in [0.1, 0.15) is 0 Å². The molecule has 6 aliphatic rings. The number of anilines is 7. The second-order valence-electron chi connectivity index (χ2n) is 22.8. The van der Waals surface area contributed by atoms with Crippen molar-refractivity contribution in [3.8, 4) is 0 Å². The Hall–Kier alpha value is -5.22. The molecule has 4 heteroatoms. The van der Waals surface area contributed by atoms with E-state index in [1.54, 1.807) is 5.56 Å². The first-order valence-electron chi connectivity index (χ1n) is 23.7. The van der Waals surface area contributed by atoms with Gasteiger partial charge in [0.25, 0.3) is 6.71 Å². The molecule has 1 fully saturated rings. The number of hydrogen-bond donors (Lipinski definition) is 0. The van der Waals surface area contributed by atoms with Crippen LogP contribution in [0.2, 0.25) is 0 Å². The van der Waals surface area contributed by atoms with Crippen molar-refractivity contribution in [1.29, 1.82) is 0 Å². The zero-order chi connectivity index (χ0) is 42.9. The van der Waals surface area contributed by atoms with Crippen molar-refractivity contribution in [1.82, 2.24) is 0 Å². The summed E-state index contributed by atoms with van der Waals surface area (Å²) >= 11 is 0. The zero-order valence-corrected chi connectivity index (χ0v) is 38.7. The maximum absolute atomic E-state index is 2.91. The van der Waals surface area contributed by atoms with E-state index >= 15 is 0 Å². The van der Waals surface area contributed by atoms with E-state index in [1.165, 1.54) is 110 Å². The largest absolute Gasteiger partial charge is 0.335 e. The van der Waals surface area contributed by atoms with Gasteiger partial charge in [-0.1, -0.05) is 153 Å². The lowest BCUT2D eigenvalue weighted by atomic mass is 9.33. The smallest absolute Gasteiger partial charge is 0.252 e. The molecule has 0 bridgehead atoms. The number of rotatable bonds is 2. The van der Waals surface area contributed by atoms with Crippen LogP contribution >= 0.6 is 0 Å². The number of aryl methyl sites for hydroxylation is 1. The summed E-state index contributed by atoms with van der Waals surface area (Å²) in [7, 11) is 0. The molecule has 1 saturated carbocycles. The van der Waals surface area contributed by atoms with Gasteiger partial charge in [-0.2, -0.15) is 0 Å².